The van der Waals surface area contributed by atoms with Crippen LogP contribution in [0.5, 0.6) is 0 Å². The molecule has 1 aliphatic heterocycles. The number of carboxylic acid groups (broad SMARTS) is 1. The first kappa shape index (κ1) is 19.1. The number of nitrogens with zero attached hydrogens (tertiary/aromatic N) is 1. The zero-order chi connectivity index (χ0) is 18.6. The summed E-state index contributed by atoms with van der Waals surface area (Å²) in [7, 11) is 0. The van der Waals surface area contributed by atoms with Gasteiger partial charge in [-0.05, 0) is 32.9 Å². The molecule has 1 aromatic rings. The summed E-state index contributed by atoms with van der Waals surface area (Å²) < 4.78 is 5.10. The number of rotatable bonds is 6. The molecule has 1 fully saturated rings. The molecule has 0 spiro atoms. The molecule has 1 heterocycles. The van der Waals surface area contributed by atoms with Gasteiger partial charge in [-0.3, -0.25) is 4.79 Å². The Morgan fingerprint density at radius 2 is 2.00 bits per heavy atom. The van der Waals surface area contributed by atoms with Gasteiger partial charge in [0.15, 0.2) is 0 Å². The second kappa shape index (κ2) is 7.77. The number of nitrogens with one attached hydrogen (secondary N) is 1. The summed E-state index contributed by atoms with van der Waals surface area (Å²) in [5.74, 6) is -1.23. The summed E-state index contributed by atoms with van der Waals surface area (Å²) in [5, 5.41) is 11.9. The van der Waals surface area contributed by atoms with Crippen molar-refractivity contribution in [2.24, 2.45) is 0 Å². The molecule has 1 unspecified atom stereocenters. The molecular formula is C17H22N2O5S. The molecule has 0 bridgehead atoms. The van der Waals surface area contributed by atoms with Crippen LogP contribution in [0.3, 0.4) is 0 Å². The highest BCUT2D eigenvalue weighted by Gasteiger charge is 2.44. The van der Waals surface area contributed by atoms with E-state index < -0.39 is 35.7 Å². The van der Waals surface area contributed by atoms with Crippen molar-refractivity contribution in [3.63, 3.8) is 0 Å². The predicted molar refractivity (Wildman–Crippen MR) is 93.5 cm³/mol. The first-order chi connectivity index (χ1) is 11.7. The number of carboxylic acids is 1. The van der Waals surface area contributed by atoms with Crippen LogP contribution in [-0.4, -0.2) is 58.0 Å². The third-order valence-corrected chi connectivity index (χ3v) is 4.55. The molecule has 0 radical (unpaired) electrons. The number of alkyl carbamates (subject to hydrolysis) is 1. The van der Waals surface area contributed by atoms with Crippen molar-refractivity contribution in [3.8, 4) is 0 Å². The minimum absolute atomic E-state index is 0.157. The van der Waals surface area contributed by atoms with Crippen molar-refractivity contribution in [2.45, 2.75) is 43.4 Å². The summed E-state index contributed by atoms with van der Waals surface area (Å²) in [5.41, 5.74) is -0.660. The number of thioether (sulfide) groups is 1. The summed E-state index contributed by atoms with van der Waals surface area (Å²) in [6, 6.07) is 7.71. The molecule has 8 heteroatoms. The number of amides is 2. The van der Waals surface area contributed by atoms with Gasteiger partial charge in [-0.2, -0.15) is 0 Å². The van der Waals surface area contributed by atoms with Crippen molar-refractivity contribution in [3.05, 3.63) is 30.3 Å². The third kappa shape index (κ3) is 5.38. The molecule has 0 aliphatic carbocycles. The highest BCUT2D eigenvalue weighted by Crippen LogP contribution is 2.23. The van der Waals surface area contributed by atoms with Gasteiger partial charge in [0.05, 0.1) is 6.54 Å². The van der Waals surface area contributed by atoms with Gasteiger partial charge in [-0.1, -0.05) is 18.2 Å². The van der Waals surface area contributed by atoms with Crippen LogP contribution in [0.2, 0.25) is 0 Å². The monoisotopic (exact) mass is 366 g/mol. The fourth-order valence-electron chi connectivity index (χ4n) is 2.28. The van der Waals surface area contributed by atoms with Gasteiger partial charge < -0.3 is 20.1 Å². The van der Waals surface area contributed by atoms with Crippen LogP contribution in [0, 0.1) is 0 Å². The van der Waals surface area contributed by atoms with E-state index in [1.807, 2.05) is 30.3 Å². The molecule has 2 rings (SSSR count). The number of hydrogen-bond acceptors (Lipinski definition) is 5. The topological polar surface area (TPSA) is 95.9 Å². The first-order valence-corrected chi connectivity index (χ1v) is 8.86. The maximum Gasteiger partial charge on any atom is 0.408 e. The second-order valence-corrected chi connectivity index (χ2v) is 7.76. The molecule has 2 amide bonds. The molecule has 136 valence electrons. The van der Waals surface area contributed by atoms with E-state index in [1.165, 1.54) is 16.7 Å². The fraction of sp³-hybridized carbons (Fsp3) is 0.471. The molecule has 2 atom stereocenters. The maximum atomic E-state index is 12.2. The average molecular weight is 366 g/mol. The van der Waals surface area contributed by atoms with E-state index in [0.717, 1.165) is 4.90 Å². The highest BCUT2D eigenvalue weighted by atomic mass is 32.2. The Labute approximate surface area is 150 Å². The van der Waals surface area contributed by atoms with E-state index >= 15 is 0 Å². The maximum absolute atomic E-state index is 12.2. The van der Waals surface area contributed by atoms with Crippen LogP contribution in [-0.2, 0) is 14.3 Å². The van der Waals surface area contributed by atoms with Crippen LogP contribution in [0.1, 0.15) is 20.8 Å². The number of benzene rings is 1. The molecule has 2 N–H and O–H groups in total. The van der Waals surface area contributed by atoms with Crippen molar-refractivity contribution in [1.29, 1.82) is 0 Å². The number of carbonyl (C=O) groups excluding carboxylic acids is 2. The molecule has 25 heavy (non-hydrogen) atoms. The Bertz CT molecular complexity index is 644. The lowest BCUT2D eigenvalue weighted by molar-refractivity contribution is -0.157. The average Bonchev–Trinajstić information content (AvgIpc) is 2.51. The zero-order valence-electron chi connectivity index (χ0n) is 14.4. The van der Waals surface area contributed by atoms with E-state index in [2.05, 4.69) is 5.32 Å². The third-order valence-electron chi connectivity index (χ3n) is 3.46. The highest BCUT2D eigenvalue weighted by molar-refractivity contribution is 7.99. The molecule has 1 saturated heterocycles. The van der Waals surface area contributed by atoms with Crippen LogP contribution in [0.25, 0.3) is 0 Å². The van der Waals surface area contributed by atoms with E-state index in [9.17, 15) is 19.5 Å². The molecular weight excluding hydrogens is 344 g/mol. The Kier molecular flexibility index (Phi) is 5.94. The van der Waals surface area contributed by atoms with E-state index in [1.54, 1.807) is 20.8 Å². The normalized spacial score (nSPS) is 18.3. The van der Waals surface area contributed by atoms with Crippen molar-refractivity contribution >= 4 is 29.7 Å². The Balaban J connectivity index is 1.88. The number of carbonyl (C=O) groups is 3. The lowest BCUT2D eigenvalue weighted by atomic mass is 10.0. The quantitative estimate of drug-likeness (QED) is 0.590. The Morgan fingerprint density at radius 3 is 2.52 bits per heavy atom. The van der Waals surface area contributed by atoms with Gasteiger partial charge in [0.1, 0.15) is 17.7 Å². The molecule has 1 aromatic carbocycles. The molecule has 0 saturated carbocycles. The van der Waals surface area contributed by atoms with Crippen molar-refractivity contribution in [2.75, 3.05) is 12.3 Å². The molecule has 7 nitrogen and oxygen atoms in total. The lowest BCUT2D eigenvalue weighted by Crippen LogP contribution is -2.68. The zero-order valence-corrected chi connectivity index (χ0v) is 15.2. The Morgan fingerprint density at radius 1 is 1.36 bits per heavy atom. The van der Waals surface area contributed by atoms with E-state index in [-0.39, 0.29) is 12.3 Å². The number of β-lactam (4-membered cyclic amide) rings is 1. The lowest BCUT2D eigenvalue weighted by Gasteiger charge is -2.42. The molecule has 0 aromatic heterocycles. The fourth-order valence-corrected chi connectivity index (χ4v) is 3.30. The first-order valence-electron chi connectivity index (χ1n) is 7.88. The summed E-state index contributed by atoms with van der Waals surface area (Å²) in [6.07, 6.45) is -0.684. The van der Waals surface area contributed by atoms with Gasteiger partial charge in [0, 0.05) is 10.6 Å². The van der Waals surface area contributed by atoms with Gasteiger partial charge in [-0.25, -0.2) is 9.59 Å². The van der Waals surface area contributed by atoms with E-state index in [0.29, 0.717) is 0 Å². The number of hydrogen-bond donors (Lipinski definition) is 2. The van der Waals surface area contributed by atoms with Crippen molar-refractivity contribution in [1.82, 2.24) is 10.2 Å². The summed E-state index contributed by atoms with van der Waals surface area (Å²) >= 11 is 1.37. The minimum Gasteiger partial charge on any atom is -0.480 e. The number of likely N-dealkylation sites (tertiary alicyclic amines) is 1. The van der Waals surface area contributed by atoms with Gasteiger partial charge in [0.2, 0.25) is 5.91 Å². The number of ether oxygens (including phenoxy) is 1. The van der Waals surface area contributed by atoms with Crippen LogP contribution < -0.4 is 5.32 Å². The standard InChI is InChI=1S/C17H22N2O5S/c1-17(2,3)24-16(23)18-12-9-19(14(12)20)13(15(21)22)10-25-11-7-5-4-6-8-11/h4-8,12-13H,9-10H2,1-3H3,(H,18,23)(H,21,22)/t12-,13?/m0/s1. The summed E-state index contributed by atoms with van der Waals surface area (Å²) in [6.45, 7) is 5.33. The van der Waals surface area contributed by atoms with Gasteiger partial charge >= 0.3 is 12.1 Å². The van der Waals surface area contributed by atoms with Crippen LogP contribution in [0.4, 0.5) is 4.79 Å². The van der Waals surface area contributed by atoms with Crippen molar-refractivity contribution < 1.29 is 24.2 Å². The Hall–Kier alpha value is -2.22. The second-order valence-electron chi connectivity index (χ2n) is 6.67. The summed E-state index contributed by atoms with van der Waals surface area (Å²) in [4.78, 5) is 37.6. The SMILES string of the molecule is CC(C)(C)OC(=O)N[C@H]1CN(C(CSc2ccccc2)C(=O)O)C1=O. The van der Waals surface area contributed by atoms with Gasteiger partial charge in [-0.15, -0.1) is 11.8 Å². The molecule has 1 aliphatic rings. The predicted octanol–water partition coefficient (Wildman–Crippen LogP) is 1.97. The van der Waals surface area contributed by atoms with Crippen LogP contribution in [0.15, 0.2) is 35.2 Å². The smallest absolute Gasteiger partial charge is 0.408 e. The van der Waals surface area contributed by atoms with E-state index in [4.69, 9.17) is 4.74 Å². The van der Waals surface area contributed by atoms with Gasteiger partial charge in [0.25, 0.3) is 0 Å². The van der Waals surface area contributed by atoms with Crippen LogP contribution >= 0.6 is 11.8 Å². The number of aliphatic carboxylic acids is 1. The minimum atomic E-state index is -1.06. The largest absolute Gasteiger partial charge is 0.480 e.